The van der Waals surface area contributed by atoms with Gasteiger partial charge in [0.05, 0.1) is 47.4 Å². The summed E-state index contributed by atoms with van der Waals surface area (Å²) in [5.41, 5.74) is -0.269. The Morgan fingerprint density at radius 2 is 2.00 bits per heavy atom. The van der Waals surface area contributed by atoms with Gasteiger partial charge in [0.15, 0.2) is 5.65 Å². The molecular formula is C23H25F4N7O3. The van der Waals surface area contributed by atoms with E-state index in [9.17, 15) is 27.2 Å². The number of fused-ring (bicyclic) bond motifs is 1. The van der Waals surface area contributed by atoms with Crippen molar-refractivity contribution in [2.45, 2.75) is 13.1 Å². The second-order valence-corrected chi connectivity index (χ2v) is 8.40. The molecule has 0 radical (unpaired) electrons. The monoisotopic (exact) mass is 523 g/mol. The van der Waals surface area contributed by atoms with Gasteiger partial charge in [-0.05, 0) is 25.1 Å². The number of alkyl halides is 3. The number of hydrogen-bond acceptors (Lipinski definition) is 7. The van der Waals surface area contributed by atoms with Crippen LogP contribution in [0.3, 0.4) is 0 Å². The number of nitrogens with one attached hydrogen (secondary N) is 2. The number of urea groups is 1. The van der Waals surface area contributed by atoms with Gasteiger partial charge in [-0.3, -0.25) is 14.4 Å². The van der Waals surface area contributed by atoms with Crippen LogP contribution in [0.25, 0.3) is 11.0 Å². The summed E-state index contributed by atoms with van der Waals surface area (Å²) in [6, 6.07) is 0.979. The fourth-order valence-electron chi connectivity index (χ4n) is 4.15. The minimum Gasteiger partial charge on any atom is -0.381 e. The van der Waals surface area contributed by atoms with E-state index in [2.05, 4.69) is 25.6 Å². The topological polar surface area (TPSA) is 105 Å². The van der Waals surface area contributed by atoms with Crippen LogP contribution in [0.1, 0.15) is 11.3 Å². The maximum atomic E-state index is 13.7. The maximum absolute atomic E-state index is 13.7. The highest BCUT2D eigenvalue weighted by Crippen LogP contribution is 2.35. The lowest BCUT2D eigenvalue weighted by Crippen LogP contribution is -2.39. The number of anilines is 3. The zero-order chi connectivity index (χ0) is 26.7. The first-order valence-electron chi connectivity index (χ1n) is 11.4. The lowest BCUT2D eigenvalue weighted by molar-refractivity contribution is -0.139. The molecule has 0 aliphatic carbocycles. The Morgan fingerprint density at radius 3 is 2.68 bits per heavy atom. The summed E-state index contributed by atoms with van der Waals surface area (Å²) in [4.78, 5) is 32.3. The number of nitrogens with zero attached hydrogens (tertiary/aromatic N) is 5. The Balaban J connectivity index is 1.64. The molecule has 1 aliphatic heterocycles. The highest BCUT2D eigenvalue weighted by Gasteiger charge is 2.34. The van der Waals surface area contributed by atoms with Crippen molar-refractivity contribution in [1.29, 1.82) is 0 Å². The van der Waals surface area contributed by atoms with Crippen LogP contribution < -0.4 is 15.5 Å². The summed E-state index contributed by atoms with van der Waals surface area (Å²) in [6.45, 7) is 5.68. The van der Waals surface area contributed by atoms with Crippen LogP contribution in [0, 0.1) is 12.7 Å². The lowest BCUT2D eigenvalue weighted by atomic mass is 10.1. The first-order chi connectivity index (χ1) is 17.6. The van der Waals surface area contributed by atoms with E-state index in [-0.39, 0.29) is 17.8 Å². The molecule has 1 saturated heterocycles. The zero-order valence-electron chi connectivity index (χ0n) is 20.1. The molecule has 37 heavy (non-hydrogen) atoms. The SMILES string of the molecule is Cc1nn(C)c2ncc(N(C=O)C(=O)Nc3ccc(F)c(C(F)(F)F)c3)c(NCCN3CCOCC3)c12. The molecule has 3 amide bonds. The van der Waals surface area contributed by atoms with E-state index in [1.807, 2.05) is 0 Å². The molecule has 0 saturated carbocycles. The van der Waals surface area contributed by atoms with Crippen LogP contribution in [0.15, 0.2) is 24.4 Å². The first-order valence-corrected chi connectivity index (χ1v) is 11.4. The van der Waals surface area contributed by atoms with Crippen LogP contribution in [-0.4, -0.2) is 71.5 Å². The minimum atomic E-state index is -4.96. The third kappa shape index (κ3) is 5.64. The number of aromatic nitrogens is 3. The van der Waals surface area contributed by atoms with E-state index in [0.717, 1.165) is 19.2 Å². The molecule has 3 heterocycles. The number of carbonyl (C=O) groups is 2. The number of hydrogen-bond donors (Lipinski definition) is 2. The van der Waals surface area contributed by atoms with Gasteiger partial charge in [-0.15, -0.1) is 0 Å². The Kier molecular flexibility index (Phi) is 7.59. The molecule has 1 aliphatic rings. The smallest absolute Gasteiger partial charge is 0.381 e. The summed E-state index contributed by atoms with van der Waals surface area (Å²) in [7, 11) is 1.70. The van der Waals surface area contributed by atoms with E-state index in [4.69, 9.17) is 4.74 Å². The lowest BCUT2D eigenvalue weighted by Gasteiger charge is -2.27. The van der Waals surface area contributed by atoms with Gasteiger partial charge in [-0.2, -0.15) is 18.3 Å². The average molecular weight is 523 g/mol. The van der Waals surface area contributed by atoms with Crippen molar-refractivity contribution in [2.75, 3.05) is 54.9 Å². The number of morpholine rings is 1. The molecule has 3 aromatic rings. The highest BCUT2D eigenvalue weighted by atomic mass is 19.4. The highest BCUT2D eigenvalue weighted by molar-refractivity contribution is 6.16. The fraction of sp³-hybridized carbons (Fsp3) is 0.391. The third-order valence-corrected chi connectivity index (χ3v) is 5.95. The number of halogens is 4. The normalized spacial score (nSPS) is 14.5. The molecular weight excluding hydrogens is 498 g/mol. The molecule has 1 aromatic carbocycles. The van der Waals surface area contributed by atoms with Crippen LogP contribution in [0.4, 0.5) is 39.4 Å². The molecule has 0 unspecified atom stereocenters. The van der Waals surface area contributed by atoms with E-state index in [1.54, 1.807) is 18.7 Å². The Morgan fingerprint density at radius 1 is 1.27 bits per heavy atom. The Hall–Kier alpha value is -3.78. The van der Waals surface area contributed by atoms with Gasteiger partial charge in [-0.25, -0.2) is 19.1 Å². The van der Waals surface area contributed by atoms with Gasteiger partial charge < -0.3 is 15.4 Å². The van der Waals surface area contributed by atoms with Crippen LogP contribution in [0.2, 0.25) is 0 Å². The molecule has 14 heteroatoms. The summed E-state index contributed by atoms with van der Waals surface area (Å²) in [6.07, 6.45) is -3.43. The van der Waals surface area contributed by atoms with E-state index in [1.165, 1.54) is 6.20 Å². The fourth-order valence-corrected chi connectivity index (χ4v) is 4.15. The summed E-state index contributed by atoms with van der Waals surface area (Å²) in [5, 5.41) is 10.4. The third-order valence-electron chi connectivity index (χ3n) is 5.95. The van der Waals surface area contributed by atoms with Gasteiger partial charge in [0.1, 0.15) is 5.82 Å². The number of amides is 3. The van der Waals surface area contributed by atoms with Crippen molar-refractivity contribution in [2.24, 2.45) is 7.05 Å². The van der Waals surface area contributed by atoms with Crippen molar-refractivity contribution in [3.63, 3.8) is 0 Å². The van der Waals surface area contributed by atoms with Gasteiger partial charge in [0, 0.05) is 38.9 Å². The van der Waals surface area contributed by atoms with Crippen LogP contribution in [-0.2, 0) is 22.8 Å². The number of benzene rings is 1. The maximum Gasteiger partial charge on any atom is 0.419 e. The second kappa shape index (κ2) is 10.7. The number of imide groups is 1. The Bertz CT molecular complexity index is 1310. The molecule has 0 bridgehead atoms. The summed E-state index contributed by atoms with van der Waals surface area (Å²) < 4.78 is 59.9. The van der Waals surface area contributed by atoms with E-state index < -0.39 is 23.6 Å². The second-order valence-electron chi connectivity index (χ2n) is 8.40. The molecule has 0 spiro atoms. The van der Waals surface area contributed by atoms with Gasteiger partial charge in [0.25, 0.3) is 0 Å². The summed E-state index contributed by atoms with van der Waals surface area (Å²) >= 11 is 0. The van der Waals surface area contributed by atoms with Crippen molar-refractivity contribution < 1.29 is 31.9 Å². The molecule has 1 fully saturated rings. The van der Waals surface area contributed by atoms with Crippen LogP contribution >= 0.6 is 0 Å². The van der Waals surface area contributed by atoms with Crippen molar-refractivity contribution in [3.05, 3.63) is 41.5 Å². The van der Waals surface area contributed by atoms with E-state index >= 15 is 0 Å². The van der Waals surface area contributed by atoms with Crippen molar-refractivity contribution in [3.8, 4) is 0 Å². The quantitative estimate of drug-likeness (QED) is 0.362. The molecule has 0 atom stereocenters. The average Bonchev–Trinajstić information content (AvgIpc) is 3.15. The zero-order valence-corrected chi connectivity index (χ0v) is 20.1. The molecule has 10 nitrogen and oxygen atoms in total. The standard InChI is InChI=1S/C23H25F4N7O3/c1-14-19-20(28-5-6-33-7-9-37-10-8-33)18(12-29-21(19)32(2)31-14)34(13-35)22(36)30-15-3-4-17(24)16(11-15)23(25,26)27/h3-4,11-13H,5-10H2,1-2H3,(H,28,29)(H,30,36). The van der Waals surface area contributed by atoms with Crippen LogP contribution in [0.5, 0.6) is 0 Å². The van der Waals surface area contributed by atoms with Gasteiger partial charge in [-0.1, -0.05) is 0 Å². The first kappa shape index (κ1) is 26.3. The number of ether oxygens (including phenoxy) is 1. The number of pyridine rings is 1. The number of carbonyl (C=O) groups excluding carboxylic acids is 2. The molecule has 4 rings (SSSR count). The minimum absolute atomic E-state index is 0.0798. The van der Waals surface area contributed by atoms with E-state index in [0.29, 0.717) is 65.8 Å². The van der Waals surface area contributed by atoms with Crippen molar-refractivity contribution >= 4 is 40.5 Å². The van der Waals surface area contributed by atoms with Crippen molar-refractivity contribution in [1.82, 2.24) is 19.7 Å². The summed E-state index contributed by atoms with van der Waals surface area (Å²) in [5.74, 6) is -1.48. The predicted molar refractivity (Wildman–Crippen MR) is 128 cm³/mol. The van der Waals surface area contributed by atoms with Gasteiger partial charge >= 0.3 is 12.2 Å². The Labute approximate surface area is 209 Å². The number of aryl methyl sites for hydroxylation is 2. The van der Waals surface area contributed by atoms with Gasteiger partial charge in [0.2, 0.25) is 6.41 Å². The molecule has 2 N–H and O–H groups in total. The molecule has 198 valence electrons. The predicted octanol–water partition coefficient (Wildman–Crippen LogP) is 3.37. The molecule has 2 aromatic heterocycles. The number of rotatable bonds is 7. The largest absolute Gasteiger partial charge is 0.419 e.